The first-order valence-corrected chi connectivity index (χ1v) is 9.81. The lowest BCUT2D eigenvalue weighted by Gasteiger charge is -2.29. The fourth-order valence-electron chi connectivity index (χ4n) is 2.85. The van der Waals surface area contributed by atoms with Crippen molar-refractivity contribution in [1.82, 2.24) is 0 Å². The van der Waals surface area contributed by atoms with Crippen LogP contribution in [0.25, 0.3) is 0 Å². The lowest BCUT2D eigenvalue weighted by Crippen LogP contribution is -2.40. The summed E-state index contributed by atoms with van der Waals surface area (Å²) >= 11 is 0. The van der Waals surface area contributed by atoms with Gasteiger partial charge in [-0.05, 0) is 32.4 Å². The highest BCUT2D eigenvalue weighted by Gasteiger charge is 2.32. The van der Waals surface area contributed by atoms with Crippen molar-refractivity contribution >= 4 is 27.1 Å². The van der Waals surface area contributed by atoms with Gasteiger partial charge in [-0.1, -0.05) is 48.0 Å². The van der Waals surface area contributed by atoms with Crippen molar-refractivity contribution in [3.63, 3.8) is 0 Å². The van der Waals surface area contributed by atoms with Gasteiger partial charge in [-0.2, -0.15) is 10.2 Å². The highest BCUT2D eigenvalue weighted by atomic mass is 32.2. The fourth-order valence-corrected chi connectivity index (χ4v) is 4.42. The van der Waals surface area contributed by atoms with Gasteiger partial charge in [0.05, 0.1) is 17.1 Å². The molecule has 6 heteroatoms. The minimum absolute atomic E-state index is 0.136. The molecule has 0 aromatic heterocycles. The number of sulfonamides is 1. The van der Waals surface area contributed by atoms with Gasteiger partial charge in [0.25, 0.3) is 0 Å². The Morgan fingerprint density at radius 1 is 1.12 bits per heavy atom. The van der Waals surface area contributed by atoms with E-state index in [9.17, 15) is 8.42 Å². The molecule has 1 heterocycles. The van der Waals surface area contributed by atoms with Crippen LogP contribution in [-0.4, -0.2) is 32.1 Å². The lowest BCUT2D eigenvalue weighted by atomic mass is 10.1. The third kappa shape index (κ3) is 3.49. The van der Waals surface area contributed by atoms with E-state index < -0.39 is 10.0 Å². The van der Waals surface area contributed by atoms with Gasteiger partial charge in [0.15, 0.2) is 0 Å². The van der Waals surface area contributed by atoms with Crippen LogP contribution in [0.4, 0.5) is 5.69 Å². The van der Waals surface area contributed by atoms with E-state index >= 15 is 0 Å². The molecule has 0 fully saturated rings. The van der Waals surface area contributed by atoms with Crippen LogP contribution in [0, 0.1) is 6.92 Å². The molecule has 2 aromatic rings. The van der Waals surface area contributed by atoms with Crippen LogP contribution < -0.4 is 4.31 Å². The molecule has 2 aromatic carbocycles. The van der Waals surface area contributed by atoms with Crippen LogP contribution in [0.3, 0.4) is 0 Å². The third-order valence-electron chi connectivity index (χ3n) is 4.22. The second-order valence-corrected chi connectivity index (χ2v) is 7.93. The summed E-state index contributed by atoms with van der Waals surface area (Å²) in [4.78, 5) is 0. The summed E-state index contributed by atoms with van der Waals surface area (Å²) in [6, 6.07) is 15.4. The molecule has 0 amide bonds. The quantitative estimate of drug-likeness (QED) is 0.626. The van der Waals surface area contributed by atoms with E-state index in [-0.39, 0.29) is 5.75 Å². The molecular formula is C19H21N3O2S. The Hall–Kier alpha value is -2.47. The number of para-hydroxylation sites is 1. The van der Waals surface area contributed by atoms with E-state index in [1.54, 1.807) is 0 Å². The van der Waals surface area contributed by atoms with Crippen molar-refractivity contribution in [2.75, 3.05) is 16.6 Å². The molecule has 1 aliphatic rings. The first-order chi connectivity index (χ1) is 11.9. The van der Waals surface area contributed by atoms with Crippen molar-refractivity contribution in [3.8, 4) is 0 Å². The predicted octanol–water partition coefficient (Wildman–Crippen LogP) is 3.38. The van der Waals surface area contributed by atoms with Crippen molar-refractivity contribution in [1.29, 1.82) is 0 Å². The van der Waals surface area contributed by atoms with E-state index in [1.807, 2.05) is 69.3 Å². The topological polar surface area (TPSA) is 62.1 Å². The Morgan fingerprint density at radius 3 is 2.48 bits per heavy atom. The van der Waals surface area contributed by atoms with Gasteiger partial charge in [-0.3, -0.25) is 4.31 Å². The number of hydrogen-bond acceptors (Lipinski definition) is 4. The molecule has 0 radical (unpaired) electrons. The molecule has 0 bridgehead atoms. The zero-order chi connectivity index (χ0) is 18.0. The molecule has 0 spiro atoms. The van der Waals surface area contributed by atoms with Crippen LogP contribution in [-0.2, 0) is 10.0 Å². The summed E-state index contributed by atoms with van der Waals surface area (Å²) in [5.74, 6) is -0.136. The zero-order valence-corrected chi connectivity index (χ0v) is 15.4. The van der Waals surface area contributed by atoms with Gasteiger partial charge >= 0.3 is 0 Å². The van der Waals surface area contributed by atoms with Crippen molar-refractivity contribution in [2.24, 2.45) is 10.2 Å². The minimum atomic E-state index is -3.42. The minimum Gasteiger partial charge on any atom is -0.270 e. The van der Waals surface area contributed by atoms with Crippen molar-refractivity contribution in [2.45, 2.75) is 20.8 Å². The maximum absolute atomic E-state index is 12.5. The lowest BCUT2D eigenvalue weighted by molar-refractivity contribution is 0.595. The summed E-state index contributed by atoms with van der Waals surface area (Å²) in [6.45, 7) is 6.13. The van der Waals surface area contributed by atoms with Crippen LogP contribution >= 0.6 is 0 Å². The Labute approximate surface area is 148 Å². The van der Waals surface area contributed by atoms with Crippen LogP contribution in [0.5, 0.6) is 0 Å². The van der Waals surface area contributed by atoms with Crippen molar-refractivity contribution < 1.29 is 8.42 Å². The average Bonchev–Trinajstić information content (AvgIpc) is 2.59. The van der Waals surface area contributed by atoms with E-state index in [2.05, 4.69) is 10.2 Å². The molecule has 0 saturated carbocycles. The highest BCUT2D eigenvalue weighted by Crippen LogP contribution is 2.29. The first-order valence-electron chi connectivity index (χ1n) is 8.20. The summed E-state index contributed by atoms with van der Waals surface area (Å²) in [6.07, 6.45) is 0. The second-order valence-electron chi connectivity index (χ2n) is 6.04. The molecule has 5 nitrogen and oxygen atoms in total. The Morgan fingerprint density at radius 2 is 1.80 bits per heavy atom. The molecule has 0 aliphatic carbocycles. The first kappa shape index (κ1) is 17.4. The molecule has 0 saturated heterocycles. The highest BCUT2D eigenvalue weighted by molar-refractivity contribution is 7.93. The largest absolute Gasteiger partial charge is 0.270 e. The molecule has 0 atom stereocenters. The standard InChI is InChI=1S/C19H21N3O2S/c1-4-22-19-8-6-5-7-17(19)18(13-25(22,23)24)21-20-15(3)16-11-9-14(2)10-12-16/h5-12H,4,13H2,1-3H3/b20-15+,21-18+. The average molecular weight is 355 g/mol. The third-order valence-corrected chi connectivity index (χ3v) is 5.98. The maximum Gasteiger partial charge on any atom is 0.241 e. The zero-order valence-electron chi connectivity index (χ0n) is 14.6. The molecule has 0 N–H and O–H groups in total. The van der Waals surface area contributed by atoms with E-state index in [4.69, 9.17) is 0 Å². The normalized spacial score (nSPS) is 18.3. The SMILES string of the molecule is CCN1c2ccccc2/C(=N/N=C(\C)c2ccc(C)cc2)CS1(=O)=O. The molecule has 3 rings (SSSR count). The van der Waals surface area contributed by atoms with E-state index in [0.717, 1.165) is 16.8 Å². The van der Waals surface area contributed by atoms with Crippen molar-refractivity contribution in [3.05, 3.63) is 65.2 Å². The predicted molar refractivity (Wildman–Crippen MR) is 103 cm³/mol. The fraction of sp³-hybridized carbons (Fsp3) is 0.263. The summed E-state index contributed by atoms with van der Waals surface area (Å²) < 4.78 is 26.5. The smallest absolute Gasteiger partial charge is 0.241 e. The van der Waals surface area contributed by atoms with Crippen LogP contribution in [0.15, 0.2) is 58.7 Å². The van der Waals surface area contributed by atoms with Crippen LogP contribution in [0.1, 0.15) is 30.5 Å². The number of rotatable bonds is 3. The Balaban J connectivity index is 2.03. The summed E-state index contributed by atoms with van der Waals surface area (Å²) in [5.41, 5.74) is 4.86. The molecule has 130 valence electrons. The number of hydrogen-bond donors (Lipinski definition) is 0. The Kier molecular flexibility index (Phi) is 4.72. The number of anilines is 1. The number of nitrogens with zero attached hydrogens (tertiary/aromatic N) is 3. The second kappa shape index (κ2) is 6.80. The monoisotopic (exact) mass is 355 g/mol. The van der Waals surface area contributed by atoms with Gasteiger partial charge < -0.3 is 0 Å². The number of aryl methyl sites for hydroxylation is 1. The number of fused-ring (bicyclic) bond motifs is 1. The molecule has 1 aliphatic heterocycles. The van der Waals surface area contributed by atoms with Gasteiger partial charge in [-0.15, -0.1) is 0 Å². The van der Waals surface area contributed by atoms with Gasteiger partial charge in [0.2, 0.25) is 10.0 Å². The van der Waals surface area contributed by atoms with E-state index in [1.165, 1.54) is 9.87 Å². The summed E-state index contributed by atoms with van der Waals surface area (Å²) in [5, 5.41) is 8.57. The molecule has 25 heavy (non-hydrogen) atoms. The maximum atomic E-state index is 12.5. The van der Waals surface area contributed by atoms with Gasteiger partial charge in [0.1, 0.15) is 5.75 Å². The van der Waals surface area contributed by atoms with E-state index in [0.29, 0.717) is 17.9 Å². The molecule has 0 unspecified atom stereocenters. The van der Waals surface area contributed by atoms with Gasteiger partial charge in [0, 0.05) is 12.1 Å². The summed E-state index contributed by atoms with van der Waals surface area (Å²) in [7, 11) is -3.42. The van der Waals surface area contributed by atoms with Crippen LogP contribution in [0.2, 0.25) is 0 Å². The van der Waals surface area contributed by atoms with Gasteiger partial charge in [-0.25, -0.2) is 8.42 Å². The Bertz CT molecular complexity index is 945. The molecular weight excluding hydrogens is 334 g/mol. The number of benzene rings is 2.